The molecule has 2 rings (SSSR count). The van der Waals surface area contributed by atoms with E-state index in [1.54, 1.807) is 0 Å². The zero-order valence-corrected chi connectivity index (χ0v) is 13.1. The highest BCUT2D eigenvalue weighted by Gasteiger charge is 2.29. The summed E-state index contributed by atoms with van der Waals surface area (Å²) in [5, 5.41) is 0. The Kier molecular flexibility index (Phi) is 6.89. The molecule has 2 aliphatic heterocycles. The fourth-order valence-corrected chi connectivity index (χ4v) is 3.19. The molecule has 0 aromatic carbocycles. The van der Waals surface area contributed by atoms with Gasteiger partial charge in [-0.3, -0.25) is 9.69 Å². The first-order valence-electron chi connectivity index (χ1n) is 8.18. The van der Waals surface area contributed by atoms with Crippen LogP contribution in [0.1, 0.15) is 26.2 Å². The molecule has 6 nitrogen and oxygen atoms in total. The van der Waals surface area contributed by atoms with E-state index in [9.17, 15) is 4.79 Å². The topological polar surface area (TPSA) is 68.0 Å². The minimum Gasteiger partial charge on any atom is -0.376 e. The van der Waals surface area contributed by atoms with Crippen molar-refractivity contribution in [2.24, 2.45) is 5.73 Å². The molecule has 122 valence electrons. The highest BCUT2D eigenvalue weighted by molar-refractivity contribution is 5.81. The van der Waals surface area contributed by atoms with Crippen LogP contribution >= 0.6 is 0 Å². The Bertz CT molecular complexity index is 321. The molecule has 2 heterocycles. The lowest BCUT2D eigenvalue weighted by Gasteiger charge is -2.30. The van der Waals surface area contributed by atoms with E-state index in [2.05, 4.69) is 11.8 Å². The van der Waals surface area contributed by atoms with E-state index in [1.165, 1.54) is 0 Å². The first-order chi connectivity index (χ1) is 10.3. The number of carbonyl (C=O) groups is 1. The van der Waals surface area contributed by atoms with E-state index in [0.29, 0.717) is 25.9 Å². The predicted molar refractivity (Wildman–Crippen MR) is 81.1 cm³/mol. The summed E-state index contributed by atoms with van der Waals surface area (Å²) in [6, 6.07) is 0.541. The van der Waals surface area contributed by atoms with E-state index < -0.39 is 6.10 Å². The lowest BCUT2D eigenvalue weighted by atomic mass is 10.1. The monoisotopic (exact) mass is 299 g/mol. The van der Waals surface area contributed by atoms with Gasteiger partial charge in [0.25, 0.3) is 5.91 Å². The number of amides is 1. The average Bonchev–Trinajstić information content (AvgIpc) is 2.78. The van der Waals surface area contributed by atoms with Gasteiger partial charge in [-0.15, -0.1) is 0 Å². The highest BCUT2D eigenvalue weighted by atomic mass is 16.6. The van der Waals surface area contributed by atoms with Crippen molar-refractivity contribution in [3.63, 3.8) is 0 Å². The van der Waals surface area contributed by atoms with Gasteiger partial charge in [0.05, 0.1) is 19.8 Å². The van der Waals surface area contributed by atoms with Gasteiger partial charge in [-0.25, -0.2) is 0 Å². The predicted octanol–water partition coefficient (Wildman–Crippen LogP) is 0.0635. The van der Waals surface area contributed by atoms with Crippen molar-refractivity contribution >= 4 is 5.91 Å². The van der Waals surface area contributed by atoms with Gasteiger partial charge in [-0.1, -0.05) is 6.92 Å². The first-order valence-corrected chi connectivity index (χ1v) is 8.18. The third kappa shape index (κ3) is 4.64. The van der Waals surface area contributed by atoms with Crippen molar-refractivity contribution < 1.29 is 14.3 Å². The van der Waals surface area contributed by atoms with Crippen LogP contribution in [0.15, 0.2) is 0 Å². The van der Waals surface area contributed by atoms with Crippen molar-refractivity contribution in [3.05, 3.63) is 0 Å². The molecule has 2 fully saturated rings. The maximum Gasteiger partial charge on any atom is 0.254 e. The van der Waals surface area contributed by atoms with Gasteiger partial charge in [-0.05, 0) is 25.8 Å². The Labute approximate surface area is 127 Å². The van der Waals surface area contributed by atoms with Crippen LogP contribution in [0.4, 0.5) is 0 Å². The highest BCUT2D eigenvalue weighted by Crippen LogP contribution is 2.14. The molecule has 0 aliphatic carbocycles. The second kappa shape index (κ2) is 8.68. The number of nitrogens with two attached hydrogens (primary N) is 1. The molecule has 2 saturated heterocycles. The van der Waals surface area contributed by atoms with Crippen LogP contribution in [0.3, 0.4) is 0 Å². The SMILES string of the molecule is CCC(CCN)N1CCCN(C(=O)C2COCCO2)CC1. The van der Waals surface area contributed by atoms with E-state index in [4.69, 9.17) is 15.2 Å². The lowest BCUT2D eigenvalue weighted by Crippen LogP contribution is -2.47. The van der Waals surface area contributed by atoms with Crippen molar-refractivity contribution in [2.45, 2.75) is 38.3 Å². The molecular formula is C15H29N3O3. The Morgan fingerprint density at radius 1 is 1.29 bits per heavy atom. The number of hydrogen-bond acceptors (Lipinski definition) is 5. The maximum atomic E-state index is 12.5. The molecule has 0 bridgehead atoms. The molecule has 0 spiro atoms. The van der Waals surface area contributed by atoms with Crippen molar-refractivity contribution in [2.75, 3.05) is 52.5 Å². The van der Waals surface area contributed by atoms with Gasteiger partial charge in [0.15, 0.2) is 6.10 Å². The van der Waals surface area contributed by atoms with Gasteiger partial charge >= 0.3 is 0 Å². The molecular weight excluding hydrogens is 270 g/mol. The fraction of sp³-hybridized carbons (Fsp3) is 0.933. The summed E-state index contributed by atoms with van der Waals surface area (Å²) < 4.78 is 10.9. The summed E-state index contributed by atoms with van der Waals surface area (Å²) in [5.41, 5.74) is 5.70. The Morgan fingerprint density at radius 3 is 2.81 bits per heavy atom. The summed E-state index contributed by atoms with van der Waals surface area (Å²) in [6.07, 6.45) is 2.76. The third-order valence-electron chi connectivity index (χ3n) is 4.42. The van der Waals surface area contributed by atoms with Gasteiger partial charge in [0.1, 0.15) is 0 Å². The van der Waals surface area contributed by atoms with Crippen LogP contribution in [0, 0.1) is 0 Å². The largest absolute Gasteiger partial charge is 0.376 e. The van der Waals surface area contributed by atoms with Crippen LogP contribution in [0.5, 0.6) is 0 Å². The minimum absolute atomic E-state index is 0.0865. The number of ether oxygens (including phenoxy) is 2. The van der Waals surface area contributed by atoms with Crippen molar-refractivity contribution in [3.8, 4) is 0 Å². The third-order valence-corrected chi connectivity index (χ3v) is 4.42. The van der Waals surface area contributed by atoms with Crippen LogP contribution < -0.4 is 5.73 Å². The van der Waals surface area contributed by atoms with E-state index >= 15 is 0 Å². The van der Waals surface area contributed by atoms with Crippen LogP contribution in [0.2, 0.25) is 0 Å². The summed E-state index contributed by atoms with van der Waals surface area (Å²) in [5.74, 6) is 0.0865. The summed E-state index contributed by atoms with van der Waals surface area (Å²) in [7, 11) is 0. The maximum absolute atomic E-state index is 12.5. The van der Waals surface area contributed by atoms with Gasteiger partial charge in [0.2, 0.25) is 0 Å². The zero-order valence-electron chi connectivity index (χ0n) is 13.1. The Morgan fingerprint density at radius 2 is 2.14 bits per heavy atom. The molecule has 21 heavy (non-hydrogen) atoms. The van der Waals surface area contributed by atoms with E-state index in [-0.39, 0.29) is 5.91 Å². The van der Waals surface area contributed by atoms with Crippen molar-refractivity contribution in [1.29, 1.82) is 0 Å². The normalized spacial score (nSPS) is 26.4. The second-order valence-corrected chi connectivity index (χ2v) is 5.79. The van der Waals surface area contributed by atoms with Crippen LogP contribution in [-0.2, 0) is 14.3 Å². The van der Waals surface area contributed by atoms with Gasteiger partial charge in [0, 0.05) is 32.2 Å². The number of nitrogens with zero attached hydrogens (tertiary/aromatic N) is 2. The van der Waals surface area contributed by atoms with Gasteiger partial charge < -0.3 is 20.1 Å². The molecule has 0 aromatic heterocycles. The fourth-order valence-electron chi connectivity index (χ4n) is 3.19. The number of rotatable bonds is 5. The molecule has 2 unspecified atom stereocenters. The average molecular weight is 299 g/mol. The van der Waals surface area contributed by atoms with E-state index in [0.717, 1.165) is 52.0 Å². The number of carbonyl (C=O) groups excluding carboxylic acids is 1. The summed E-state index contributed by atoms with van der Waals surface area (Å²) in [4.78, 5) is 16.9. The quantitative estimate of drug-likeness (QED) is 0.778. The molecule has 0 aromatic rings. The number of hydrogen-bond donors (Lipinski definition) is 1. The summed E-state index contributed by atoms with van der Waals surface area (Å²) >= 11 is 0. The zero-order chi connectivity index (χ0) is 15.1. The van der Waals surface area contributed by atoms with Crippen molar-refractivity contribution in [1.82, 2.24) is 9.80 Å². The Hall–Kier alpha value is -0.690. The minimum atomic E-state index is -0.406. The van der Waals surface area contributed by atoms with Crippen LogP contribution in [0.25, 0.3) is 0 Å². The molecule has 2 atom stereocenters. The molecule has 2 N–H and O–H groups in total. The molecule has 0 saturated carbocycles. The standard InChI is InChI=1S/C15H29N3O3/c1-2-13(4-5-16)17-6-3-7-18(9-8-17)15(19)14-12-20-10-11-21-14/h13-14H,2-12,16H2,1H3. The molecule has 2 aliphatic rings. The second-order valence-electron chi connectivity index (χ2n) is 5.79. The smallest absolute Gasteiger partial charge is 0.254 e. The summed E-state index contributed by atoms with van der Waals surface area (Å²) in [6.45, 7) is 8.01. The van der Waals surface area contributed by atoms with E-state index in [1.807, 2.05) is 4.90 Å². The first kappa shape index (κ1) is 16.7. The molecule has 6 heteroatoms. The molecule has 1 amide bonds. The van der Waals surface area contributed by atoms with Gasteiger partial charge in [-0.2, -0.15) is 0 Å². The van der Waals surface area contributed by atoms with Crippen LogP contribution in [-0.4, -0.2) is 80.4 Å². The molecule has 0 radical (unpaired) electrons. The lowest BCUT2D eigenvalue weighted by molar-refractivity contribution is -0.157. The Balaban J connectivity index is 1.86.